The van der Waals surface area contributed by atoms with Crippen molar-refractivity contribution in [3.63, 3.8) is 0 Å². The highest BCUT2D eigenvalue weighted by Crippen LogP contribution is 2.53. The Bertz CT molecular complexity index is 562. The normalized spacial score (nSPS) is 36.8. The molecule has 4 aliphatic rings. The van der Waals surface area contributed by atoms with Crippen molar-refractivity contribution in [2.45, 2.75) is 38.1 Å². The molecule has 112 valence electrons. The molecule has 1 N–H and O–H groups in total. The minimum Gasteiger partial charge on any atom is -0.349 e. The number of pyridine rings is 1. The van der Waals surface area contributed by atoms with E-state index in [4.69, 9.17) is 23.2 Å². The van der Waals surface area contributed by atoms with E-state index in [1.165, 1.54) is 38.3 Å². The molecule has 1 amide bonds. The number of hydrogen-bond donors (Lipinski definition) is 1. The van der Waals surface area contributed by atoms with Gasteiger partial charge in [-0.3, -0.25) is 4.79 Å². The van der Waals surface area contributed by atoms with Gasteiger partial charge >= 0.3 is 0 Å². The third-order valence-corrected chi connectivity index (χ3v) is 6.10. The first kappa shape index (κ1) is 13.8. The van der Waals surface area contributed by atoms with Crippen molar-refractivity contribution in [2.75, 3.05) is 0 Å². The number of carbonyl (C=O) groups is 1. The van der Waals surface area contributed by atoms with Crippen LogP contribution in [0, 0.1) is 23.7 Å². The molecule has 0 atom stereocenters. The lowest BCUT2D eigenvalue weighted by molar-refractivity contribution is -0.0119. The van der Waals surface area contributed by atoms with Crippen LogP contribution in [0.2, 0.25) is 10.2 Å². The molecule has 4 fully saturated rings. The molecule has 1 heterocycles. The number of nitrogens with zero attached hydrogens (tertiary/aromatic N) is 1. The predicted molar refractivity (Wildman–Crippen MR) is 82.6 cm³/mol. The van der Waals surface area contributed by atoms with Gasteiger partial charge < -0.3 is 5.32 Å². The van der Waals surface area contributed by atoms with E-state index >= 15 is 0 Å². The Hall–Kier alpha value is -0.800. The molecule has 5 heteroatoms. The molecule has 5 rings (SSSR count). The van der Waals surface area contributed by atoms with Gasteiger partial charge in [0.25, 0.3) is 5.91 Å². The summed E-state index contributed by atoms with van der Waals surface area (Å²) in [5, 5.41) is 3.90. The Morgan fingerprint density at radius 2 is 1.71 bits per heavy atom. The summed E-state index contributed by atoms with van der Waals surface area (Å²) in [6.07, 6.45) is 7.98. The minimum atomic E-state index is -0.109. The average molecular weight is 325 g/mol. The molecule has 1 aromatic rings. The molecular formula is C16H18Cl2N2O. The van der Waals surface area contributed by atoms with Crippen molar-refractivity contribution >= 4 is 29.1 Å². The molecular weight excluding hydrogens is 307 g/mol. The van der Waals surface area contributed by atoms with Crippen molar-refractivity contribution in [1.29, 1.82) is 0 Å². The van der Waals surface area contributed by atoms with Crippen molar-refractivity contribution in [3.05, 3.63) is 28.0 Å². The zero-order valence-corrected chi connectivity index (χ0v) is 13.2. The zero-order chi connectivity index (χ0) is 14.6. The smallest absolute Gasteiger partial charge is 0.253 e. The van der Waals surface area contributed by atoms with E-state index in [0.717, 1.165) is 11.8 Å². The van der Waals surface area contributed by atoms with E-state index in [1.807, 2.05) is 0 Å². The molecule has 0 aliphatic heterocycles. The molecule has 0 saturated heterocycles. The maximum atomic E-state index is 12.5. The van der Waals surface area contributed by atoms with Crippen LogP contribution >= 0.6 is 23.2 Å². The maximum absolute atomic E-state index is 12.5. The van der Waals surface area contributed by atoms with Crippen LogP contribution in [-0.4, -0.2) is 16.9 Å². The highest BCUT2D eigenvalue weighted by molar-refractivity contribution is 6.35. The number of rotatable bonds is 2. The monoisotopic (exact) mass is 324 g/mol. The molecule has 4 bridgehead atoms. The summed E-state index contributed by atoms with van der Waals surface area (Å²) < 4.78 is 0. The van der Waals surface area contributed by atoms with E-state index in [0.29, 0.717) is 33.6 Å². The largest absolute Gasteiger partial charge is 0.349 e. The van der Waals surface area contributed by atoms with E-state index in [2.05, 4.69) is 10.3 Å². The molecule has 3 nitrogen and oxygen atoms in total. The van der Waals surface area contributed by atoms with E-state index in [-0.39, 0.29) is 5.91 Å². The number of carbonyl (C=O) groups excluding carboxylic acids is 1. The molecule has 0 radical (unpaired) electrons. The van der Waals surface area contributed by atoms with Crippen LogP contribution in [0.4, 0.5) is 0 Å². The van der Waals surface area contributed by atoms with Gasteiger partial charge in [0.05, 0.1) is 10.6 Å². The quantitative estimate of drug-likeness (QED) is 0.837. The number of nitrogens with one attached hydrogen (secondary N) is 1. The fourth-order valence-electron chi connectivity index (χ4n) is 4.98. The number of aromatic nitrogens is 1. The van der Waals surface area contributed by atoms with Crippen molar-refractivity contribution in [1.82, 2.24) is 10.3 Å². The highest BCUT2D eigenvalue weighted by Gasteiger charge is 2.48. The SMILES string of the molecule is O=C(NC1C2CC3CC(C2)CC1C3)c1cc(Cl)ncc1Cl. The van der Waals surface area contributed by atoms with Crippen LogP contribution in [0.15, 0.2) is 12.3 Å². The molecule has 0 unspecified atom stereocenters. The van der Waals surface area contributed by atoms with Crippen LogP contribution in [0.5, 0.6) is 0 Å². The Balaban J connectivity index is 1.53. The van der Waals surface area contributed by atoms with Crippen LogP contribution in [0.3, 0.4) is 0 Å². The highest BCUT2D eigenvalue weighted by atomic mass is 35.5. The number of hydrogen-bond acceptors (Lipinski definition) is 2. The standard InChI is InChI=1S/C16H18Cl2N2O/c17-13-7-19-14(18)6-12(13)16(21)20-15-10-2-8-1-9(4-10)5-11(15)3-8/h6-11,15H,1-5H2,(H,20,21). The van der Waals surface area contributed by atoms with Gasteiger partial charge in [0.1, 0.15) is 5.15 Å². The van der Waals surface area contributed by atoms with Gasteiger partial charge in [-0.05, 0) is 61.8 Å². The molecule has 1 aromatic heterocycles. The number of amides is 1. The summed E-state index contributed by atoms with van der Waals surface area (Å²) >= 11 is 12.0. The summed E-state index contributed by atoms with van der Waals surface area (Å²) in [6.45, 7) is 0. The van der Waals surface area contributed by atoms with Crippen LogP contribution in [0.1, 0.15) is 42.5 Å². The Morgan fingerprint density at radius 1 is 1.10 bits per heavy atom. The van der Waals surface area contributed by atoms with Crippen molar-refractivity contribution in [3.8, 4) is 0 Å². The second kappa shape index (κ2) is 5.13. The molecule has 4 aliphatic carbocycles. The Morgan fingerprint density at radius 3 is 2.33 bits per heavy atom. The van der Waals surface area contributed by atoms with Gasteiger partial charge in [0, 0.05) is 12.2 Å². The van der Waals surface area contributed by atoms with Crippen LogP contribution < -0.4 is 5.32 Å². The lowest BCUT2D eigenvalue weighted by Gasteiger charge is -2.54. The molecule has 0 spiro atoms. The maximum Gasteiger partial charge on any atom is 0.253 e. The van der Waals surface area contributed by atoms with Gasteiger partial charge in [-0.25, -0.2) is 4.98 Å². The van der Waals surface area contributed by atoms with Crippen LogP contribution in [0.25, 0.3) is 0 Å². The van der Waals surface area contributed by atoms with Crippen molar-refractivity contribution < 1.29 is 4.79 Å². The fourth-order valence-corrected chi connectivity index (χ4v) is 5.32. The minimum absolute atomic E-state index is 0.109. The van der Waals surface area contributed by atoms with Gasteiger partial charge in [0.15, 0.2) is 0 Å². The third-order valence-electron chi connectivity index (χ3n) is 5.59. The second-order valence-corrected chi connectivity index (χ2v) is 7.71. The first-order valence-corrected chi connectivity index (χ1v) is 8.47. The average Bonchev–Trinajstić information content (AvgIpc) is 2.44. The second-order valence-electron chi connectivity index (χ2n) is 6.92. The first-order chi connectivity index (χ1) is 10.1. The zero-order valence-electron chi connectivity index (χ0n) is 11.7. The molecule has 0 aromatic carbocycles. The van der Waals surface area contributed by atoms with Gasteiger partial charge in [-0.2, -0.15) is 0 Å². The Labute approximate surface area is 134 Å². The molecule has 4 saturated carbocycles. The van der Waals surface area contributed by atoms with E-state index in [1.54, 1.807) is 6.07 Å². The fraction of sp³-hybridized carbons (Fsp3) is 0.625. The topological polar surface area (TPSA) is 42.0 Å². The first-order valence-electron chi connectivity index (χ1n) is 7.72. The summed E-state index contributed by atoms with van der Waals surface area (Å²) in [6, 6.07) is 1.86. The van der Waals surface area contributed by atoms with Gasteiger partial charge in [-0.1, -0.05) is 23.2 Å². The lowest BCUT2D eigenvalue weighted by atomic mass is 9.54. The summed E-state index contributed by atoms with van der Waals surface area (Å²) in [5.41, 5.74) is 0.436. The summed E-state index contributed by atoms with van der Waals surface area (Å²) in [4.78, 5) is 16.4. The van der Waals surface area contributed by atoms with Gasteiger partial charge in [0.2, 0.25) is 0 Å². The summed E-state index contributed by atoms with van der Waals surface area (Å²) in [7, 11) is 0. The summed E-state index contributed by atoms with van der Waals surface area (Å²) in [5.74, 6) is 3.00. The van der Waals surface area contributed by atoms with Gasteiger partial charge in [-0.15, -0.1) is 0 Å². The predicted octanol–water partition coefficient (Wildman–Crippen LogP) is 3.94. The van der Waals surface area contributed by atoms with E-state index in [9.17, 15) is 4.79 Å². The van der Waals surface area contributed by atoms with E-state index < -0.39 is 0 Å². The number of halogens is 2. The Kier molecular flexibility index (Phi) is 3.38. The van der Waals surface area contributed by atoms with Crippen molar-refractivity contribution in [2.24, 2.45) is 23.7 Å². The van der Waals surface area contributed by atoms with Crippen LogP contribution in [-0.2, 0) is 0 Å². The lowest BCUT2D eigenvalue weighted by Crippen LogP contribution is -2.55. The third kappa shape index (κ3) is 2.44. The molecule has 21 heavy (non-hydrogen) atoms.